The summed E-state index contributed by atoms with van der Waals surface area (Å²) in [6.45, 7) is 0. The van der Waals surface area contributed by atoms with E-state index in [0.717, 1.165) is 30.6 Å². The van der Waals surface area contributed by atoms with E-state index in [1.807, 2.05) is 0 Å². The largest absolute Gasteiger partial charge is 0.309 e. The lowest BCUT2D eigenvalue weighted by Crippen LogP contribution is -2.45. The Hall–Kier alpha value is -6.72. The van der Waals surface area contributed by atoms with Crippen LogP contribution in [-0.4, -0.2) is 9.13 Å². The monoisotopic (exact) mass is 802 g/mol. The maximum atomic E-state index is 4.22. The number of aromatic nitrogens is 2. The summed E-state index contributed by atoms with van der Waals surface area (Å²) in [6.07, 6.45) is 18.2. The summed E-state index contributed by atoms with van der Waals surface area (Å²) in [5, 5.41) is 13.4. The van der Waals surface area contributed by atoms with Crippen LogP contribution >= 0.6 is 0 Å². The zero-order valence-electron chi connectivity index (χ0n) is 34.9. The number of nitrogens with zero attached hydrogens (tertiary/aromatic N) is 2. The molecular formula is C58H50N4. The first kappa shape index (κ1) is 37.1. The summed E-state index contributed by atoms with van der Waals surface area (Å²) in [6, 6.07) is 61.7. The van der Waals surface area contributed by atoms with Gasteiger partial charge < -0.3 is 9.13 Å². The van der Waals surface area contributed by atoms with Gasteiger partial charge in [-0.15, -0.1) is 0 Å². The SMILES string of the molecule is C1=CCCC(c2cccc(C3CC(c4cc(-n5c6ccccc6c6ccccc65)cc(-n5c6ccccc6c6ccccc65)c4)NC(c4cccc(C5C=CCCC5)c4)N3)c2)=C1. The summed E-state index contributed by atoms with van der Waals surface area (Å²) in [7, 11) is 0. The molecule has 2 N–H and O–H groups in total. The van der Waals surface area contributed by atoms with Gasteiger partial charge in [0.25, 0.3) is 0 Å². The van der Waals surface area contributed by atoms with Crippen molar-refractivity contribution >= 4 is 49.2 Å². The van der Waals surface area contributed by atoms with Crippen molar-refractivity contribution in [1.82, 2.24) is 19.8 Å². The molecule has 4 heteroatoms. The molecular weight excluding hydrogens is 753 g/mol. The van der Waals surface area contributed by atoms with E-state index in [4.69, 9.17) is 0 Å². The third kappa shape index (κ3) is 6.53. The van der Waals surface area contributed by atoms with Crippen molar-refractivity contribution in [2.45, 2.75) is 62.7 Å². The van der Waals surface area contributed by atoms with Crippen LogP contribution in [0.3, 0.4) is 0 Å². The molecule has 9 aromatic rings. The summed E-state index contributed by atoms with van der Waals surface area (Å²) in [4.78, 5) is 0. The molecule has 1 aliphatic heterocycles. The Labute approximate surface area is 363 Å². The highest BCUT2D eigenvalue weighted by Crippen LogP contribution is 2.41. The Bertz CT molecular complexity index is 3010. The number of hydrogen-bond acceptors (Lipinski definition) is 2. The molecule has 302 valence electrons. The van der Waals surface area contributed by atoms with Crippen molar-refractivity contribution in [3.63, 3.8) is 0 Å². The third-order valence-electron chi connectivity index (χ3n) is 13.8. The molecule has 62 heavy (non-hydrogen) atoms. The van der Waals surface area contributed by atoms with Crippen LogP contribution in [-0.2, 0) is 0 Å². The smallest absolute Gasteiger partial charge is 0.0845 e. The first-order valence-electron chi connectivity index (χ1n) is 22.6. The van der Waals surface area contributed by atoms with Crippen molar-refractivity contribution in [3.8, 4) is 11.4 Å². The third-order valence-corrected chi connectivity index (χ3v) is 13.8. The Morgan fingerprint density at radius 1 is 0.468 bits per heavy atom. The summed E-state index contributed by atoms with van der Waals surface area (Å²) in [5.41, 5.74) is 15.2. The second-order valence-electron chi connectivity index (χ2n) is 17.5. The quantitative estimate of drug-likeness (QED) is 0.157. The van der Waals surface area contributed by atoms with Gasteiger partial charge in [-0.25, -0.2) is 0 Å². The molecule has 0 radical (unpaired) electrons. The Morgan fingerprint density at radius 3 is 1.61 bits per heavy atom. The molecule has 0 saturated carbocycles. The minimum atomic E-state index is -0.0552. The molecule has 1 saturated heterocycles. The fourth-order valence-corrected chi connectivity index (χ4v) is 10.8. The lowest BCUT2D eigenvalue weighted by Gasteiger charge is -2.39. The van der Waals surface area contributed by atoms with Gasteiger partial charge in [-0.2, -0.15) is 0 Å². The van der Waals surface area contributed by atoms with Crippen molar-refractivity contribution in [2.24, 2.45) is 0 Å². The van der Waals surface area contributed by atoms with E-state index in [-0.39, 0.29) is 18.2 Å². The van der Waals surface area contributed by atoms with E-state index in [1.54, 1.807) is 0 Å². The standard InChI is InChI=1S/C58H50N4/c1-3-17-39(18-4-1)41-21-15-23-43(33-41)52-38-53(60-58(59-52)44-24-16-22-42(34-44)40-19-5-2-6-20-40)45-35-46(61-54-29-11-7-25-48(54)49-26-8-12-30-55(49)61)37-47(36-45)62-56-31-13-9-27-50(56)51-28-10-14-32-57(51)62/h1,3,5,7-17,19,21-37,40,52-53,58-60H,2,4,6,18,20,38H2. The maximum absolute atomic E-state index is 4.22. The van der Waals surface area contributed by atoms with Crippen LogP contribution in [0, 0.1) is 0 Å². The van der Waals surface area contributed by atoms with Gasteiger partial charge in [0.1, 0.15) is 0 Å². The van der Waals surface area contributed by atoms with Crippen LogP contribution in [0.2, 0.25) is 0 Å². The lowest BCUT2D eigenvalue weighted by atomic mass is 9.86. The molecule has 4 nitrogen and oxygen atoms in total. The molecule has 0 spiro atoms. The highest BCUT2D eigenvalue weighted by atomic mass is 15.2. The Kier molecular flexibility index (Phi) is 9.35. The number of hydrogen-bond donors (Lipinski definition) is 2. The molecule has 0 bridgehead atoms. The first-order chi connectivity index (χ1) is 30.7. The van der Waals surface area contributed by atoms with Gasteiger partial charge in [0.15, 0.2) is 0 Å². The van der Waals surface area contributed by atoms with Crippen molar-refractivity contribution < 1.29 is 0 Å². The summed E-state index contributed by atoms with van der Waals surface area (Å²) in [5.74, 6) is 0.463. The molecule has 4 unspecified atom stereocenters. The van der Waals surface area contributed by atoms with E-state index in [2.05, 4.69) is 214 Å². The highest BCUT2D eigenvalue weighted by molar-refractivity contribution is 6.10. The predicted molar refractivity (Wildman–Crippen MR) is 259 cm³/mol. The van der Waals surface area contributed by atoms with Gasteiger partial charge in [-0.05, 0) is 120 Å². The van der Waals surface area contributed by atoms with Crippen LogP contribution in [0.15, 0.2) is 194 Å². The van der Waals surface area contributed by atoms with Gasteiger partial charge in [0.2, 0.25) is 0 Å². The van der Waals surface area contributed by atoms with Gasteiger partial charge in [-0.3, -0.25) is 10.6 Å². The molecule has 12 rings (SSSR count). The lowest BCUT2D eigenvalue weighted by molar-refractivity contribution is 0.247. The van der Waals surface area contributed by atoms with E-state index in [0.29, 0.717) is 5.92 Å². The first-order valence-corrected chi connectivity index (χ1v) is 22.6. The minimum absolute atomic E-state index is 0.0462. The number of rotatable bonds is 7. The summed E-state index contributed by atoms with van der Waals surface area (Å²) >= 11 is 0. The highest BCUT2D eigenvalue weighted by Gasteiger charge is 2.32. The number of fused-ring (bicyclic) bond motifs is 6. The molecule has 3 heterocycles. The molecule has 4 atom stereocenters. The van der Waals surface area contributed by atoms with Gasteiger partial charge in [0, 0.05) is 50.9 Å². The van der Waals surface area contributed by atoms with Gasteiger partial charge >= 0.3 is 0 Å². The van der Waals surface area contributed by atoms with E-state index < -0.39 is 0 Å². The zero-order valence-corrected chi connectivity index (χ0v) is 34.9. The van der Waals surface area contributed by atoms with Crippen LogP contribution < -0.4 is 10.6 Å². The number of allylic oxidation sites excluding steroid dienone is 6. The fraction of sp³-hybridized carbons (Fsp3) is 0.172. The van der Waals surface area contributed by atoms with Crippen LogP contribution in [0.5, 0.6) is 0 Å². The van der Waals surface area contributed by atoms with Crippen molar-refractivity contribution in [2.75, 3.05) is 0 Å². The maximum Gasteiger partial charge on any atom is 0.0845 e. The Balaban J connectivity index is 1.06. The van der Waals surface area contributed by atoms with Crippen molar-refractivity contribution in [3.05, 3.63) is 222 Å². The van der Waals surface area contributed by atoms with E-state index >= 15 is 0 Å². The van der Waals surface area contributed by atoms with Crippen LogP contribution in [0.25, 0.3) is 60.6 Å². The predicted octanol–water partition coefficient (Wildman–Crippen LogP) is 14.5. The average molecular weight is 803 g/mol. The second-order valence-corrected chi connectivity index (χ2v) is 17.5. The molecule has 2 aliphatic carbocycles. The van der Waals surface area contributed by atoms with E-state index in [1.165, 1.54) is 96.3 Å². The molecule has 7 aromatic carbocycles. The van der Waals surface area contributed by atoms with E-state index in [9.17, 15) is 0 Å². The number of nitrogens with one attached hydrogen (secondary N) is 2. The number of para-hydroxylation sites is 4. The average Bonchev–Trinajstić information content (AvgIpc) is 3.88. The molecule has 2 aromatic heterocycles. The fourth-order valence-electron chi connectivity index (χ4n) is 10.8. The molecule has 3 aliphatic rings. The summed E-state index contributed by atoms with van der Waals surface area (Å²) < 4.78 is 4.97. The molecule has 0 amide bonds. The minimum Gasteiger partial charge on any atom is -0.309 e. The Morgan fingerprint density at radius 2 is 1.03 bits per heavy atom. The number of benzene rings is 7. The van der Waals surface area contributed by atoms with Gasteiger partial charge in [-0.1, -0.05) is 146 Å². The van der Waals surface area contributed by atoms with Crippen LogP contribution in [0.1, 0.15) is 90.5 Å². The topological polar surface area (TPSA) is 33.9 Å². The van der Waals surface area contributed by atoms with Crippen LogP contribution in [0.4, 0.5) is 0 Å². The normalized spacial score (nSPS) is 20.4. The zero-order chi connectivity index (χ0) is 41.0. The molecule has 1 fully saturated rings. The second kappa shape index (κ2) is 15.6. The van der Waals surface area contributed by atoms with Gasteiger partial charge in [0.05, 0.1) is 28.2 Å². The van der Waals surface area contributed by atoms with Crippen molar-refractivity contribution in [1.29, 1.82) is 0 Å².